The first kappa shape index (κ1) is 17.7. The first-order valence-electron chi connectivity index (χ1n) is 9.20. The fourth-order valence-corrected chi connectivity index (χ4v) is 4.08. The second-order valence-electron chi connectivity index (χ2n) is 6.84. The molecule has 0 radical (unpaired) electrons. The number of carbonyl (C=O) groups excluding carboxylic acids is 1. The molecule has 0 aliphatic carbocycles. The lowest BCUT2D eigenvalue weighted by Crippen LogP contribution is -2.19. The summed E-state index contributed by atoms with van der Waals surface area (Å²) in [4.78, 5) is 23.7. The molecule has 1 fully saturated rings. The predicted molar refractivity (Wildman–Crippen MR) is 110 cm³/mol. The SMILES string of the molecule is Cc1cccc(-c2nc(CC(=O)Nc3ccc(N4CCCC4)nc3)cs2)c1. The number of benzene rings is 1. The van der Waals surface area contributed by atoms with Crippen LogP contribution in [0.4, 0.5) is 11.5 Å². The van der Waals surface area contributed by atoms with Gasteiger partial charge in [0.05, 0.1) is 24.0 Å². The van der Waals surface area contributed by atoms with Crippen molar-refractivity contribution >= 4 is 28.7 Å². The average molecular weight is 379 g/mol. The Balaban J connectivity index is 1.37. The predicted octanol–water partition coefficient (Wildman–Crippen LogP) is 4.29. The van der Waals surface area contributed by atoms with Gasteiger partial charge in [-0.2, -0.15) is 0 Å². The van der Waals surface area contributed by atoms with Gasteiger partial charge in [0.25, 0.3) is 0 Å². The maximum Gasteiger partial charge on any atom is 0.230 e. The summed E-state index contributed by atoms with van der Waals surface area (Å²) < 4.78 is 0. The van der Waals surface area contributed by atoms with Gasteiger partial charge in [0.2, 0.25) is 5.91 Å². The van der Waals surface area contributed by atoms with E-state index in [2.05, 4.69) is 39.2 Å². The topological polar surface area (TPSA) is 58.1 Å². The van der Waals surface area contributed by atoms with Gasteiger partial charge in [-0.1, -0.05) is 23.8 Å². The number of carbonyl (C=O) groups is 1. The summed E-state index contributed by atoms with van der Waals surface area (Å²) in [5, 5.41) is 5.80. The Morgan fingerprint density at radius 3 is 2.81 bits per heavy atom. The van der Waals surface area contributed by atoms with E-state index in [9.17, 15) is 4.79 Å². The molecule has 0 unspecified atom stereocenters. The maximum absolute atomic E-state index is 12.3. The van der Waals surface area contributed by atoms with E-state index in [1.165, 1.54) is 18.4 Å². The van der Waals surface area contributed by atoms with Gasteiger partial charge in [-0.3, -0.25) is 4.79 Å². The van der Waals surface area contributed by atoms with Gasteiger partial charge in [0.15, 0.2) is 0 Å². The van der Waals surface area contributed by atoms with E-state index in [0.717, 1.165) is 40.9 Å². The van der Waals surface area contributed by atoms with Crippen LogP contribution in [-0.4, -0.2) is 29.0 Å². The van der Waals surface area contributed by atoms with Crippen LogP contribution in [0.3, 0.4) is 0 Å². The minimum Gasteiger partial charge on any atom is -0.357 e. The number of nitrogens with zero attached hydrogens (tertiary/aromatic N) is 3. The minimum atomic E-state index is -0.0770. The van der Waals surface area contributed by atoms with Crippen molar-refractivity contribution in [2.75, 3.05) is 23.3 Å². The van der Waals surface area contributed by atoms with Crippen LogP contribution in [0.25, 0.3) is 10.6 Å². The molecular weight excluding hydrogens is 356 g/mol. The smallest absolute Gasteiger partial charge is 0.230 e. The molecule has 0 spiro atoms. The molecule has 5 nitrogen and oxygen atoms in total. The summed E-state index contributed by atoms with van der Waals surface area (Å²) in [5.74, 6) is 0.902. The summed E-state index contributed by atoms with van der Waals surface area (Å²) in [5.41, 5.74) is 3.80. The summed E-state index contributed by atoms with van der Waals surface area (Å²) >= 11 is 1.57. The molecule has 4 rings (SSSR count). The molecule has 1 aliphatic rings. The standard InChI is InChI=1S/C21H22N4OS/c1-15-5-4-6-16(11-15)21-24-18(14-27-21)12-20(26)23-17-7-8-19(22-13-17)25-9-2-3-10-25/h4-8,11,13-14H,2-3,9-10,12H2,1H3,(H,23,26). The second kappa shape index (κ2) is 7.88. The maximum atomic E-state index is 12.3. The molecule has 0 bridgehead atoms. The van der Waals surface area contributed by atoms with Crippen LogP contribution in [-0.2, 0) is 11.2 Å². The number of rotatable bonds is 5. The molecule has 0 saturated carbocycles. The second-order valence-corrected chi connectivity index (χ2v) is 7.70. The minimum absolute atomic E-state index is 0.0770. The van der Waals surface area contributed by atoms with Crippen molar-refractivity contribution in [2.45, 2.75) is 26.2 Å². The van der Waals surface area contributed by atoms with Gasteiger partial charge in [0.1, 0.15) is 10.8 Å². The highest BCUT2D eigenvalue weighted by Crippen LogP contribution is 2.25. The van der Waals surface area contributed by atoms with Crippen molar-refractivity contribution < 1.29 is 4.79 Å². The first-order valence-corrected chi connectivity index (χ1v) is 10.1. The molecule has 1 aliphatic heterocycles. The Bertz CT molecular complexity index is 929. The zero-order chi connectivity index (χ0) is 18.6. The lowest BCUT2D eigenvalue weighted by Gasteiger charge is -2.16. The van der Waals surface area contributed by atoms with Crippen LogP contribution in [0.15, 0.2) is 48.0 Å². The lowest BCUT2D eigenvalue weighted by molar-refractivity contribution is -0.115. The van der Waals surface area contributed by atoms with Gasteiger partial charge in [-0.25, -0.2) is 9.97 Å². The van der Waals surface area contributed by atoms with E-state index >= 15 is 0 Å². The molecule has 1 aromatic carbocycles. The summed E-state index contributed by atoms with van der Waals surface area (Å²) in [6, 6.07) is 12.1. The van der Waals surface area contributed by atoms with Gasteiger partial charge >= 0.3 is 0 Å². The fraction of sp³-hybridized carbons (Fsp3) is 0.286. The molecule has 3 aromatic rings. The van der Waals surface area contributed by atoms with Gasteiger partial charge in [-0.15, -0.1) is 11.3 Å². The zero-order valence-corrected chi connectivity index (χ0v) is 16.1. The van der Waals surface area contributed by atoms with E-state index < -0.39 is 0 Å². The molecule has 1 saturated heterocycles. The Hall–Kier alpha value is -2.73. The average Bonchev–Trinajstić information content (AvgIpc) is 3.34. The number of hydrogen-bond donors (Lipinski definition) is 1. The highest BCUT2D eigenvalue weighted by Gasteiger charge is 2.14. The molecule has 2 aromatic heterocycles. The largest absolute Gasteiger partial charge is 0.357 e. The molecule has 27 heavy (non-hydrogen) atoms. The lowest BCUT2D eigenvalue weighted by atomic mass is 10.1. The van der Waals surface area contributed by atoms with E-state index in [4.69, 9.17) is 0 Å². The number of thiazole rings is 1. The van der Waals surface area contributed by atoms with Gasteiger partial charge < -0.3 is 10.2 Å². The Morgan fingerprint density at radius 1 is 1.22 bits per heavy atom. The van der Waals surface area contributed by atoms with E-state index in [-0.39, 0.29) is 12.3 Å². The number of aryl methyl sites for hydroxylation is 1. The molecule has 1 amide bonds. The van der Waals surface area contributed by atoms with Crippen LogP contribution in [0.1, 0.15) is 24.1 Å². The van der Waals surface area contributed by atoms with E-state index in [1.54, 1.807) is 17.5 Å². The van der Waals surface area contributed by atoms with E-state index in [0.29, 0.717) is 0 Å². The quantitative estimate of drug-likeness (QED) is 0.719. The van der Waals surface area contributed by atoms with E-state index in [1.807, 2.05) is 29.6 Å². The monoisotopic (exact) mass is 378 g/mol. The van der Waals surface area contributed by atoms with Crippen molar-refractivity contribution in [3.05, 3.63) is 59.2 Å². The number of pyridine rings is 1. The molecule has 138 valence electrons. The molecule has 1 N–H and O–H groups in total. The Labute approximate surface area is 163 Å². The fourth-order valence-electron chi connectivity index (χ4n) is 3.26. The molecular formula is C21H22N4OS. The zero-order valence-electron chi connectivity index (χ0n) is 15.3. The first-order chi connectivity index (χ1) is 13.2. The molecule has 0 atom stereocenters. The number of amides is 1. The number of hydrogen-bond acceptors (Lipinski definition) is 5. The van der Waals surface area contributed by atoms with Gasteiger partial charge in [0, 0.05) is 24.0 Å². The van der Waals surface area contributed by atoms with Crippen LogP contribution in [0, 0.1) is 6.92 Å². The van der Waals surface area contributed by atoms with Crippen molar-refractivity contribution in [2.24, 2.45) is 0 Å². The Morgan fingerprint density at radius 2 is 2.07 bits per heavy atom. The number of anilines is 2. The van der Waals surface area contributed by atoms with Crippen LogP contribution in [0.5, 0.6) is 0 Å². The number of aromatic nitrogens is 2. The summed E-state index contributed by atoms with van der Waals surface area (Å²) in [7, 11) is 0. The molecule has 3 heterocycles. The third kappa shape index (κ3) is 4.34. The molecule has 6 heteroatoms. The van der Waals surface area contributed by atoms with Crippen molar-refractivity contribution in [3.8, 4) is 10.6 Å². The van der Waals surface area contributed by atoms with Crippen LogP contribution >= 0.6 is 11.3 Å². The third-order valence-electron chi connectivity index (χ3n) is 4.62. The van der Waals surface area contributed by atoms with Crippen molar-refractivity contribution in [1.82, 2.24) is 9.97 Å². The highest BCUT2D eigenvalue weighted by atomic mass is 32.1. The third-order valence-corrected chi connectivity index (χ3v) is 5.56. The normalized spacial score (nSPS) is 13.7. The van der Waals surface area contributed by atoms with Crippen molar-refractivity contribution in [1.29, 1.82) is 0 Å². The number of nitrogens with one attached hydrogen (secondary N) is 1. The van der Waals surface area contributed by atoms with Crippen LogP contribution < -0.4 is 10.2 Å². The highest BCUT2D eigenvalue weighted by molar-refractivity contribution is 7.13. The van der Waals surface area contributed by atoms with Gasteiger partial charge in [-0.05, 0) is 38.0 Å². The summed E-state index contributed by atoms with van der Waals surface area (Å²) in [6.45, 7) is 4.19. The van der Waals surface area contributed by atoms with Crippen molar-refractivity contribution in [3.63, 3.8) is 0 Å². The summed E-state index contributed by atoms with van der Waals surface area (Å²) in [6.07, 6.45) is 4.43. The Kier molecular flexibility index (Phi) is 5.16. The van der Waals surface area contributed by atoms with Crippen LogP contribution in [0.2, 0.25) is 0 Å².